The molecule has 0 atom stereocenters. The van der Waals surface area contributed by atoms with Gasteiger partial charge in [-0.1, -0.05) is 6.92 Å². The molecule has 0 spiro atoms. The first-order chi connectivity index (χ1) is 4.77. The second-order valence-corrected chi connectivity index (χ2v) is 2.02. The van der Waals surface area contributed by atoms with Gasteiger partial charge >= 0.3 is 0 Å². The van der Waals surface area contributed by atoms with E-state index in [9.17, 15) is 4.79 Å². The Bertz CT molecular complexity index is 240. The van der Waals surface area contributed by atoms with E-state index in [1.54, 1.807) is 6.92 Å². The first-order valence-electron chi connectivity index (χ1n) is 3.19. The Hall–Kier alpha value is -1.12. The molecular weight excluding hydrogens is 130 g/mol. The zero-order chi connectivity index (χ0) is 7.56. The quantitative estimate of drug-likeness (QED) is 0.581. The molecule has 1 aromatic rings. The van der Waals surface area contributed by atoms with Crippen LogP contribution in [-0.2, 0) is 6.42 Å². The molecule has 0 aromatic carbocycles. The van der Waals surface area contributed by atoms with Crippen LogP contribution in [0.1, 0.15) is 29.1 Å². The third-order valence-electron chi connectivity index (χ3n) is 1.29. The molecular formula is C7H9NO2. The molecule has 0 aliphatic rings. The van der Waals surface area contributed by atoms with E-state index in [4.69, 9.17) is 4.42 Å². The van der Waals surface area contributed by atoms with Gasteiger partial charge in [0, 0.05) is 6.42 Å². The molecule has 0 N–H and O–H groups in total. The smallest absolute Gasteiger partial charge is 0.194 e. The molecule has 0 saturated carbocycles. The van der Waals surface area contributed by atoms with Crippen LogP contribution >= 0.6 is 0 Å². The molecule has 3 nitrogen and oxygen atoms in total. The number of aldehydes is 1. The van der Waals surface area contributed by atoms with Crippen molar-refractivity contribution in [2.45, 2.75) is 20.3 Å². The van der Waals surface area contributed by atoms with Gasteiger partial charge in [0.05, 0.1) is 0 Å². The van der Waals surface area contributed by atoms with Crippen molar-refractivity contribution in [1.82, 2.24) is 4.98 Å². The minimum atomic E-state index is 0.414. The molecule has 1 aromatic heterocycles. The van der Waals surface area contributed by atoms with E-state index in [0.717, 1.165) is 6.42 Å². The molecule has 0 fully saturated rings. The molecule has 3 heteroatoms. The van der Waals surface area contributed by atoms with Gasteiger partial charge in [-0.05, 0) is 6.92 Å². The summed E-state index contributed by atoms with van der Waals surface area (Å²) < 4.78 is 5.11. The summed E-state index contributed by atoms with van der Waals surface area (Å²) in [7, 11) is 0. The van der Waals surface area contributed by atoms with Crippen LogP contribution in [-0.4, -0.2) is 11.3 Å². The maximum absolute atomic E-state index is 10.2. The number of oxazole rings is 1. The van der Waals surface area contributed by atoms with Gasteiger partial charge in [0.15, 0.2) is 12.2 Å². The van der Waals surface area contributed by atoms with E-state index in [1.807, 2.05) is 6.92 Å². The van der Waals surface area contributed by atoms with E-state index in [0.29, 0.717) is 23.6 Å². The number of hydrogen-bond acceptors (Lipinski definition) is 3. The van der Waals surface area contributed by atoms with E-state index < -0.39 is 0 Å². The minimum absolute atomic E-state index is 0.414. The van der Waals surface area contributed by atoms with Crippen molar-refractivity contribution in [3.05, 3.63) is 17.3 Å². The molecule has 0 amide bonds. The fraction of sp³-hybridized carbons (Fsp3) is 0.429. The second-order valence-electron chi connectivity index (χ2n) is 2.02. The lowest BCUT2D eigenvalue weighted by Gasteiger charge is -1.80. The van der Waals surface area contributed by atoms with Crippen LogP contribution in [0.3, 0.4) is 0 Å². The molecule has 54 valence electrons. The van der Waals surface area contributed by atoms with Gasteiger partial charge in [-0.2, -0.15) is 0 Å². The van der Waals surface area contributed by atoms with E-state index in [2.05, 4.69) is 4.98 Å². The molecule has 0 aliphatic carbocycles. The van der Waals surface area contributed by atoms with Crippen molar-refractivity contribution < 1.29 is 9.21 Å². The lowest BCUT2D eigenvalue weighted by molar-refractivity contribution is 0.111. The summed E-state index contributed by atoms with van der Waals surface area (Å²) in [5.74, 6) is 1.23. The van der Waals surface area contributed by atoms with Crippen LogP contribution in [0, 0.1) is 6.92 Å². The van der Waals surface area contributed by atoms with Gasteiger partial charge in [0.25, 0.3) is 0 Å². The predicted octanol–water partition coefficient (Wildman–Crippen LogP) is 1.36. The Morgan fingerprint density at radius 1 is 1.70 bits per heavy atom. The molecule has 0 saturated heterocycles. The van der Waals surface area contributed by atoms with Gasteiger partial charge in [0.1, 0.15) is 11.5 Å². The summed E-state index contributed by atoms with van der Waals surface area (Å²) in [5, 5.41) is 0. The number of carbonyl (C=O) groups is 1. The Morgan fingerprint density at radius 3 is 2.70 bits per heavy atom. The number of hydrogen-bond donors (Lipinski definition) is 0. The van der Waals surface area contributed by atoms with Crippen molar-refractivity contribution in [1.29, 1.82) is 0 Å². The number of aryl methyl sites for hydroxylation is 2. The van der Waals surface area contributed by atoms with E-state index >= 15 is 0 Å². The standard InChI is InChI=1S/C7H9NO2/c1-3-7-8-6(4-9)5(2)10-7/h4H,3H2,1-2H3. The fourth-order valence-electron chi connectivity index (χ4n) is 0.725. The third-order valence-corrected chi connectivity index (χ3v) is 1.29. The third kappa shape index (κ3) is 1.07. The number of rotatable bonds is 2. The summed E-state index contributed by atoms with van der Waals surface area (Å²) in [6, 6.07) is 0. The van der Waals surface area contributed by atoms with Crippen LogP contribution in [0.4, 0.5) is 0 Å². The van der Waals surface area contributed by atoms with Crippen molar-refractivity contribution in [3.63, 3.8) is 0 Å². The Labute approximate surface area is 59.1 Å². The summed E-state index contributed by atoms with van der Waals surface area (Å²) >= 11 is 0. The highest BCUT2D eigenvalue weighted by atomic mass is 16.4. The van der Waals surface area contributed by atoms with Gasteiger partial charge in [-0.15, -0.1) is 0 Å². The molecule has 0 unspecified atom stereocenters. The highest BCUT2D eigenvalue weighted by molar-refractivity contribution is 5.72. The van der Waals surface area contributed by atoms with E-state index in [-0.39, 0.29) is 0 Å². The zero-order valence-electron chi connectivity index (χ0n) is 6.05. The van der Waals surface area contributed by atoms with Crippen LogP contribution in [0.25, 0.3) is 0 Å². The van der Waals surface area contributed by atoms with Crippen LogP contribution < -0.4 is 0 Å². The highest BCUT2D eigenvalue weighted by Crippen LogP contribution is 2.07. The first-order valence-corrected chi connectivity index (χ1v) is 3.19. The summed E-state index contributed by atoms with van der Waals surface area (Å²) in [6.07, 6.45) is 1.44. The number of carbonyl (C=O) groups excluding carboxylic acids is 1. The van der Waals surface area contributed by atoms with Gasteiger partial charge in [0.2, 0.25) is 0 Å². The highest BCUT2D eigenvalue weighted by Gasteiger charge is 2.05. The summed E-state index contributed by atoms with van der Waals surface area (Å²) in [6.45, 7) is 3.66. The normalized spacial score (nSPS) is 9.80. The molecule has 0 radical (unpaired) electrons. The first kappa shape index (κ1) is 6.99. The zero-order valence-corrected chi connectivity index (χ0v) is 6.05. The van der Waals surface area contributed by atoms with Crippen molar-refractivity contribution >= 4 is 6.29 Å². The van der Waals surface area contributed by atoms with Crippen molar-refractivity contribution in [2.24, 2.45) is 0 Å². The Balaban J connectivity index is 3.03. The lowest BCUT2D eigenvalue weighted by Crippen LogP contribution is -1.82. The Morgan fingerprint density at radius 2 is 2.40 bits per heavy atom. The maximum atomic E-state index is 10.2. The largest absolute Gasteiger partial charge is 0.445 e. The van der Waals surface area contributed by atoms with Crippen molar-refractivity contribution in [2.75, 3.05) is 0 Å². The average Bonchev–Trinajstić information content (AvgIpc) is 2.30. The minimum Gasteiger partial charge on any atom is -0.445 e. The van der Waals surface area contributed by atoms with Gasteiger partial charge in [-0.3, -0.25) is 4.79 Å². The van der Waals surface area contributed by atoms with Crippen LogP contribution in [0.2, 0.25) is 0 Å². The molecule has 1 rings (SSSR count). The lowest BCUT2D eigenvalue weighted by atomic mass is 10.4. The molecule has 10 heavy (non-hydrogen) atoms. The maximum Gasteiger partial charge on any atom is 0.194 e. The summed E-state index contributed by atoms with van der Waals surface area (Å²) in [4.78, 5) is 14.1. The van der Waals surface area contributed by atoms with Crippen LogP contribution in [0.5, 0.6) is 0 Å². The van der Waals surface area contributed by atoms with Gasteiger partial charge in [-0.25, -0.2) is 4.98 Å². The summed E-state index contributed by atoms with van der Waals surface area (Å²) in [5.41, 5.74) is 0.414. The van der Waals surface area contributed by atoms with Crippen molar-refractivity contribution in [3.8, 4) is 0 Å². The average molecular weight is 139 g/mol. The second kappa shape index (κ2) is 2.64. The molecule has 0 aliphatic heterocycles. The predicted molar refractivity (Wildman–Crippen MR) is 36.0 cm³/mol. The topological polar surface area (TPSA) is 43.1 Å². The Kier molecular flexibility index (Phi) is 1.85. The number of nitrogens with zero attached hydrogens (tertiary/aromatic N) is 1. The van der Waals surface area contributed by atoms with E-state index in [1.165, 1.54) is 0 Å². The fourth-order valence-corrected chi connectivity index (χ4v) is 0.725. The van der Waals surface area contributed by atoms with Crippen LogP contribution in [0.15, 0.2) is 4.42 Å². The SMILES string of the molecule is CCc1nc(C=O)c(C)o1. The molecule has 0 bridgehead atoms. The van der Waals surface area contributed by atoms with Gasteiger partial charge < -0.3 is 4.42 Å². The number of aromatic nitrogens is 1. The monoisotopic (exact) mass is 139 g/mol. The molecule has 1 heterocycles.